The molecule has 0 atom stereocenters. The SMILES string of the molecule is O=C(c1cncc(F)c1)N1Cc2ccccc2C1. The third-order valence-corrected chi connectivity index (χ3v) is 3.08. The van der Waals surface area contributed by atoms with E-state index in [2.05, 4.69) is 4.98 Å². The second-order valence-electron chi connectivity index (χ2n) is 4.32. The summed E-state index contributed by atoms with van der Waals surface area (Å²) in [5.74, 6) is -0.671. The lowest BCUT2D eigenvalue weighted by Gasteiger charge is -2.15. The predicted molar refractivity (Wildman–Crippen MR) is 64.2 cm³/mol. The van der Waals surface area contributed by atoms with Gasteiger partial charge in [-0.2, -0.15) is 0 Å². The van der Waals surface area contributed by atoms with Crippen LogP contribution in [0.4, 0.5) is 4.39 Å². The lowest BCUT2D eigenvalue weighted by atomic mass is 10.1. The highest BCUT2D eigenvalue weighted by molar-refractivity contribution is 5.94. The van der Waals surface area contributed by atoms with Crippen LogP contribution in [0.5, 0.6) is 0 Å². The minimum Gasteiger partial charge on any atom is -0.330 e. The van der Waals surface area contributed by atoms with Crippen LogP contribution in [0.15, 0.2) is 42.7 Å². The van der Waals surface area contributed by atoms with Crippen molar-refractivity contribution in [1.29, 1.82) is 0 Å². The lowest BCUT2D eigenvalue weighted by Crippen LogP contribution is -2.25. The number of pyridine rings is 1. The van der Waals surface area contributed by atoms with Gasteiger partial charge in [-0.25, -0.2) is 4.39 Å². The van der Waals surface area contributed by atoms with Crippen LogP contribution in [-0.4, -0.2) is 15.8 Å². The van der Waals surface area contributed by atoms with Gasteiger partial charge in [0.05, 0.1) is 11.8 Å². The van der Waals surface area contributed by atoms with Crippen LogP contribution in [0.2, 0.25) is 0 Å². The number of benzene rings is 1. The van der Waals surface area contributed by atoms with E-state index < -0.39 is 5.82 Å². The Hall–Kier alpha value is -2.23. The predicted octanol–water partition coefficient (Wildman–Crippen LogP) is 2.38. The maximum Gasteiger partial charge on any atom is 0.256 e. The monoisotopic (exact) mass is 242 g/mol. The largest absolute Gasteiger partial charge is 0.330 e. The Morgan fingerprint density at radius 1 is 1.17 bits per heavy atom. The number of carbonyl (C=O) groups is 1. The van der Waals surface area contributed by atoms with Gasteiger partial charge in [0.15, 0.2) is 0 Å². The van der Waals surface area contributed by atoms with Gasteiger partial charge >= 0.3 is 0 Å². The zero-order chi connectivity index (χ0) is 12.5. The van der Waals surface area contributed by atoms with Crippen molar-refractivity contribution >= 4 is 5.91 Å². The number of nitrogens with zero attached hydrogens (tertiary/aromatic N) is 2. The van der Waals surface area contributed by atoms with Crippen LogP contribution in [-0.2, 0) is 13.1 Å². The number of fused-ring (bicyclic) bond motifs is 1. The Balaban J connectivity index is 1.84. The van der Waals surface area contributed by atoms with Crippen LogP contribution >= 0.6 is 0 Å². The first-order valence-corrected chi connectivity index (χ1v) is 5.70. The highest BCUT2D eigenvalue weighted by Crippen LogP contribution is 2.23. The van der Waals surface area contributed by atoms with Gasteiger partial charge in [-0.3, -0.25) is 9.78 Å². The summed E-state index contributed by atoms with van der Waals surface area (Å²) in [5.41, 5.74) is 2.59. The maximum absolute atomic E-state index is 13.0. The summed E-state index contributed by atoms with van der Waals surface area (Å²) in [6, 6.07) is 9.14. The second-order valence-corrected chi connectivity index (χ2v) is 4.32. The summed E-state index contributed by atoms with van der Waals surface area (Å²) >= 11 is 0. The molecule has 1 aliphatic heterocycles. The first kappa shape index (κ1) is 10.9. The molecule has 3 rings (SSSR count). The lowest BCUT2D eigenvalue weighted by molar-refractivity contribution is 0.0750. The first-order valence-electron chi connectivity index (χ1n) is 5.70. The Morgan fingerprint density at radius 2 is 1.83 bits per heavy atom. The van der Waals surface area contributed by atoms with Gasteiger partial charge < -0.3 is 4.90 Å². The van der Waals surface area contributed by atoms with Crippen LogP contribution in [0.25, 0.3) is 0 Å². The highest BCUT2D eigenvalue weighted by atomic mass is 19.1. The Labute approximate surface area is 104 Å². The molecule has 0 fully saturated rings. The van der Waals surface area contributed by atoms with Crippen LogP contribution in [0.3, 0.4) is 0 Å². The molecule has 0 aliphatic carbocycles. The van der Waals surface area contributed by atoms with Gasteiger partial charge in [-0.15, -0.1) is 0 Å². The zero-order valence-electron chi connectivity index (χ0n) is 9.64. The Bertz CT molecular complexity index is 587. The van der Waals surface area contributed by atoms with Crippen LogP contribution in [0.1, 0.15) is 21.5 Å². The normalized spacial score (nSPS) is 13.5. The first-order chi connectivity index (χ1) is 8.74. The smallest absolute Gasteiger partial charge is 0.256 e. The summed E-state index contributed by atoms with van der Waals surface area (Å²) in [7, 11) is 0. The summed E-state index contributed by atoms with van der Waals surface area (Å²) in [6.45, 7) is 1.15. The fourth-order valence-corrected chi connectivity index (χ4v) is 2.19. The molecule has 0 bridgehead atoms. The van der Waals surface area contributed by atoms with Gasteiger partial charge in [-0.1, -0.05) is 24.3 Å². The fourth-order valence-electron chi connectivity index (χ4n) is 2.19. The average Bonchev–Trinajstić information content (AvgIpc) is 2.81. The molecule has 0 saturated heterocycles. The van der Waals surface area contributed by atoms with Gasteiger partial charge in [0.2, 0.25) is 0 Å². The minimum atomic E-state index is -0.488. The van der Waals surface area contributed by atoms with E-state index in [1.807, 2.05) is 24.3 Å². The molecule has 1 amide bonds. The van der Waals surface area contributed by atoms with Crippen molar-refractivity contribution < 1.29 is 9.18 Å². The van der Waals surface area contributed by atoms with Crippen LogP contribution < -0.4 is 0 Å². The number of amides is 1. The van der Waals surface area contributed by atoms with E-state index in [0.717, 1.165) is 17.3 Å². The van der Waals surface area contributed by atoms with Crippen molar-refractivity contribution in [2.24, 2.45) is 0 Å². The van der Waals surface area contributed by atoms with Crippen molar-refractivity contribution in [3.8, 4) is 0 Å². The summed E-state index contributed by atoms with van der Waals surface area (Å²) in [4.78, 5) is 17.6. The summed E-state index contributed by atoms with van der Waals surface area (Å²) < 4.78 is 13.0. The number of carbonyl (C=O) groups excluding carboxylic acids is 1. The van der Waals surface area contributed by atoms with E-state index in [1.165, 1.54) is 12.3 Å². The molecular formula is C14H11FN2O. The standard InChI is InChI=1S/C14H11FN2O/c15-13-5-12(6-16-7-13)14(18)17-8-10-3-1-2-4-11(10)9-17/h1-7H,8-9H2. The van der Waals surface area contributed by atoms with Crippen molar-refractivity contribution in [1.82, 2.24) is 9.88 Å². The maximum atomic E-state index is 13.0. The van der Waals surface area contributed by atoms with Gasteiger partial charge in [-0.05, 0) is 17.2 Å². The minimum absolute atomic E-state index is 0.182. The number of aromatic nitrogens is 1. The van der Waals surface area contributed by atoms with Gasteiger partial charge in [0, 0.05) is 19.3 Å². The topological polar surface area (TPSA) is 33.2 Å². The quantitative estimate of drug-likeness (QED) is 0.769. The van der Waals surface area contributed by atoms with Gasteiger partial charge in [0.1, 0.15) is 5.82 Å². The Morgan fingerprint density at radius 3 is 2.44 bits per heavy atom. The van der Waals surface area contributed by atoms with E-state index in [1.54, 1.807) is 4.90 Å². The van der Waals surface area contributed by atoms with E-state index in [9.17, 15) is 9.18 Å². The summed E-state index contributed by atoms with van der Waals surface area (Å²) in [5, 5.41) is 0. The molecule has 1 aliphatic rings. The number of hydrogen-bond acceptors (Lipinski definition) is 2. The van der Waals surface area contributed by atoms with Crippen LogP contribution in [0, 0.1) is 5.82 Å². The number of halogens is 1. The molecule has 0 saturated carbocycles. The third kappa shape index (κ3) is 1.86. The van der Waals surface area contributed by atoms with Crippen molar-refractivity contribution in [2.75, 3.05) is 0 Å². The van der Waals surface area contributed by atoms with Crippen molar-refractivity contribution in [2.45, 2.75) is 13.1 Å². The zero-order valence-corrected chi connectivity index (χ0v) is 9.64. The molecule has 18 heavy (non-hydrogen) atoms. The van der Waals surface area contributed by atoms with E-state index in [4.69, 9.17) is 0 Å². The van der Waals surface area contributed by atoms with Crippen molar-refractivity contribution in [3.05, 3.63) is 65.2 Å². The summed E-state index contributed by atoms with van der Waals surface area (Å²) in [6.07, 6.45) is 2.49. The number of hydrogen-bond donors (Lipinski definition) is 0. The molecule has 3 nitrogen and oxygen atoms in total. The molecule has 2 aromatic rings. The molecule has 90 valence electrons. The second kappa shape index (κ2) is 4.22. The van der Waals surface area contributed by atoms with E-state index in [0.29, 0.717) is 18.7 Å². The molecule has 0 unspecified atom stereocenters. The molecule has 1 aromatic carbocycles. The molecule has 0 N–H and O–H groups in total. The molecule has 2 heterocycles. The van der Waals surface area contributed by atoms with Gasteiger partial charge in [0.25, 0.3) is 5.91 Å². The molecule has 0 spiro atoms. The molecule has 0 radical (unpaired) electrons. The molecule has 1 aromatic heterocycles. The Kier molecular flexibility index (Phi) is 2.55. The highest BCUT2D eigenvalue weighted by Gasteiger charge is 2.24. The van der Waals surface area contributed by atoms with Crippen molar-refractivity contribution in [3.63, 3.8) is 0 Å². The average molecular weight is 242 g/mol. The van der Waals surface area contributed by atoms with E-state index in [-0.39, 0.29) is 5.91 Å². The molecular weight excluding hydrogens is 231 g/mol. The fraction of sp³-hybridized carbons (Fsp3) is 0.143. The third-order valence-electron chi connectivity index (χ3n) is 3.08. The molecule has 4 heteroatoms. The number of rotatable bonds is 1. The van der Waals surface area contributed by atoms with E-state index >= 15 is 0 Å².